The summed E-state index contributed by atoms with van der Waals surface area (Å²) in [5.74, 6) is -4.46. The third-order valence-corrected chi connectivity index (χ3v) is 2.60. The summed E-state index contributed by atoms with van der Waals surface area (Å²) in [7, 11) is 0. The maximum absolute atomic E-state index is 12.7. The van der Waals surface area contributed by atoms with Crippen LogP contribution in [0.15, 0.2) is 24.3 Å². The number of anilines is 1. The lowest BCUT2D eigenvalue weighted by atomic mass is 10.2. The number of benzene rings is 1. The van der Waals surface area contributed by atoms with Gasteiger partial charge in [0.2, 0.25) is 5.91 Å². The minimum atomic E-state index is -4.18. The van der Waals surface area contributed by atoms with Crippen molar-refractivity contribution in [2.24, 2.45) is 5.73 Å². The van der Waals surface area contributed by atoms with Gasteiger partial charge in [0.15, 0.2) is 0 Å². The van der Waals surface area contributed by atoms with Gasteiger partial charge in [-0.15, -0.1) is 12.4 Å². The fraction of sp³-hybridized carbons (Fsp3) is 0.500. The second-order valence-electron chi connectivity index (χ2n) is 4.98. The summed E-state index contributed by atoms with van der Waals surface area (Å²) in [6.45, 7) is 0.0539. The average Bonchev–Trinajstić information content (AvgIpc) is 2.37. The lowest BCUT2D eigenvalue weighted by Gasteiger charge is -2.15. The first-order valence-corrected chi connectivity index (χ1v) is 6.59. The molecule has 4 nitrogen and oxygen atoms in total. The minimum absolute atomic E-state index is 0. The van der Waals surface area contributed by atoms with E-state index in [4.69, 9.17) is 5.73 Å². The van der Waals surface area contributed by atoms with Gasteiger partial charge >= 0.3 is 12.3 Å². The maximum Gasteiger partial charge on any atom is 0.330 e. The molecule has 0 fully saturated rings. The molecule has 0 aromatic heterocycles. The molecule has 0 heterocycles. The quantitative estimate of drug-likeness (QED) is 0.701. The molecule has 0 aliphatic rings. The van der Waals surface area contributed by atoms with Crippen LogP contribution in [0, 0.1) is 0 Å². The minimum Gasteiger partial charge on any atom is -0.370 e. The SMILES string of the molecule is CC(N)CC(=O)Nc1cccc(COCC(F)(F)C(F)F)c1.Cl. The summed E-state index contributed by atoms with van der Waals surface area (Å²) in [5, 5.41) is 2.60. The van der Waals surface area contributed by atoms with E-state index in [-0.39, 0.29) is 37.4 Å². The van der Waals surface area contributed by atoms with Crippen LogP contribution in [-0.2, 0) is 16.1 Å². The summed E-state index contributed by atoms with van der Waals surface area (Å²) in [6.07, 6.45) is -3.63. The smallest absolute Gasteiger partial charge is 0.330 e. The highest BCUT2D eigenvalue weighted by Crippen LogP contribution is 2.23. The molecule has 132 valence electrons. The summed E-state index contributed by atoms with van der Waals surface area (Å²) in [6, 6.07) is 5.99. The number of ether oxygens (including phenoxy) is 1. The van der Waals surface area contributed by atoms with Crippen molar-refractivity contribution >= 4 is 24.0 Å². The van der Waals surface area contributed by atoms with Gasteiger partial charge in [-0.3, -0.25) is 4.79 Å². The summed E-state index contributed by atoms with van der Waals surface area (Å²) >= 11 is 0. The second-order valence-corrected chi connectivity index (χ2v) is 4.98. The van der Waals surface area contributed by atoms with E-state index in [0.29, 0.717) is 11.3 Å². The molecule has 0 saturated heterocycles. The van der Waals surface area contributed by atoms with Crippen LogP contribution in [-0.4, -0.2) is 30.9 Å². The van der Waals surface area contributed by atoms with Gasteiger partial charge in [-0.25, -0.2) is 8.78 Å². The molecule has 3 N–H and O–H groups in total. The molecular weight excluding hydrogens is 340 g/mol. The highest BCUT2D eigenvalue weighted by Gasteiger charge is 2.40. The van der Waals surface area contributed by atoms with Crippen molar-refractivity contribution in [1.82, 2.24) is 0 Å². The van der Waals surface area contributed by atoms with Gasteiger partial charge in [-0.2, -0.15) is 8.78 Å². The third kappa shape index (κ3) is 8.15. The number of halogens is 5. The Labute approximate surface area is 137 Å². The Morgan fingerprint density at radius 2 is 2.04 bits per heavy atom. The summed E-state index contributed by atoms with van der Waals surface area (Å²) < 4.78 is 53.9. The first-order chi connectivity index (χ1) is 10.2. The Bertz CT molecular complexity index is 501. The number of carbonyl (C=O) groups is 1. The number of nitrogens with one attached hydrogen (secondary N) is 1. The second kappa shape index (κ2) is 9.69. The van der Waals surface area contributed by atoms with Crippen molar-refractivity contribution in [2.45, 2.75) is 38.3 Å². The maximum atomic E-state index is 12.7. The van der Waals surface area contributed by atoms with E-state index < -0.39 is 19.0 Å². The van der Waals surface area contributed by atoms with Crippen LogP contribution in [0.1, 0.15) is 18.9 Å². The molecule has 0 aliphatic carbocycles. The number of alkyl halides is 4. The Balaban J connectivity index is 0.00000484. The number of amides is 1. The fourth-order valence-corrected chi connectivity index (χ4v) is 1.61. The van der Waals surface area contributed by atoms with Crippen molar-refractivity contribution in [2.75, 3.05) is 11.9 Å². The Kier molecular flexibility index (Phi) is 9.11. The number of nitrogens with two attached hydrogens (primary N) is 1. The van der Waals surface area contributed by atoms with E-state index in [1.807, 2.05) is 0 Å². The molecule has 0 spiro atoms. The molecule has 1 unspecified atom stereocenters. The molecule has 0 saturated carbocycles. The largest absolute Gasteiger partial charge is 0.370 e. The third-order valence-electron chi connectivity index (χ3n) is 2.60. The molecule has 0 radical (unpaired) electrons. The van der Waals surface area contributed by atoms with Gasteiger partial charge in [-0.05, 0) is 24.6 Å². The Morgan fingerprint density at radius 1 is 1.39 bits per heavy atom. The average molecular weight is 359 g/mol. The number of hydrogen-bond donors (Lipinski definition) is 2. The van der Waals surface area contributed by atoms with Crippen LogP contribution in [0.25, 0.3) is 0 Å². The highest BCUT2D eigenvalue weighted by atomic mass is 35.5. The van der Waals surface area contributed by atoms with Crippen molar-refractivity contribution in [3.63, 3.8) is 0 Å². The molecule has 23 heavy (non-hydrogen) atoms. The zero-order chi connectivity index (χ0) is 16.8. The standard InChI is InChI=1S/C14H18F4N2O2.ClH/c1-9(19)5-12(21)20-11-4-2-3-10(6-11)7-22-8-14(17,18)13(15)16;/h2-4,6,9,13H,5,7-8,19H2,1H3,(H,20,21);1H. The summed E-state index contributed by atoms with van der Waals surface area (Å²) in [5.41, 5.74) is 6.42. The molecule has 1 rings (SSSR count). The van der Waals surface area contributed by atoms with E-state index >= 15 is 0 Å². The molecular formula is C14H19ClF4N2O2. The number of carbonyl (C=O) groups excluding carboxylic acids is 1. The molecule has 1 aromatic carbocycles. The van der Waals surface area contributed by atoms with E-state index in [2.05, 4.69) is 10.1 Å². The van der Waals surface area contributed by atoms with Crippen molar-refractivity contribution in [1.29, 1.82) is 0 Å². The lowest BCUT2D eigenvalue weighted by molar-refractivity contribution is -0.168. The highest BCUT2D eigenvalue weighted by molar-refractivity contribution is 5.91. The molecule has 1 amide bonds. The van der Waals surface area contributed by atoms with Crippen LogP contribution in [0.3, 0.4) is 0 Å². The van der Waals surface area contributed by atoms with Crippen molar-refractivity contribution < 1.29 is 27.1 Å². The van der Waals surface area contributed by atoms with Gasteiger partial charge in [0.1, 0.15) is 6.61 Å². The molecule has 1 aromatic rings. The van der Waals surface area contributed by atoms with Crippen LogP contribution in [0.2, 0.25) is 0 Å². The molecule has 0 aliphatic heterocycles. The van der Waals surface area contributed by atoms with Crippen LogP contribution < -0.4 is 11.1 Å². The van der Waals surface area contributed by atoms with E-state index in [1.165, 1.54) is 6.07 Å². The van der Waals surface area contributed by atoms with Gasteiger partial charge in [0.25, 0.3) is 0 Å². The normalized spacial score (nSPS) is 12.7. The zero-order valence-corrected chi connectivity index (χ0v) is 13.2. The first-order valence-electron chi connectivity index (χ1n) is 6.59. The molecule has 0 bridgehead atoms. The Morgan fingerprint density at radius 3 is 2.61 bits per heavy atom. The van der Waals surface area contributed by atoms with E-state index in [9.17, 15) is 22.4 Å². The predicted molar refractivity (Wildman–Crippen MR) is 81.2 cm³/mol. The van der Waals surface area contributed by atoms with Crippen molar-refractivity contribution in [3.05, 3.63) is 29.8 Å². The molecule has 1 atom stereocenters. The Hall–Kier alpha value is -1.38. The monoisotopic (exact) mass is 358 g/mol. The van der Waals surface area contributed by atoms with Gasteiger partial charge in [-0.1, -0.05) is 12.1 Å². The van der Waals surface area contributed by atoms with Crippen LogP contribution in [0.4, 0.5) is 23.2 Å². The van der Waals surface area contributed by atoms with Gasteiger partial charge < -0.3 is 15.8 Å². The first kappa shape index (κ1) is 21.6. The van der Waals surface area contributed by atoms with E-state index in [1.54, 1.807) is 25.1 Å². The lowest BCUT2D eigenvalue weighted by Crippen LogP contribution is -2.32. The topological polar surface area (TPSA) is 64.4 Å². The van der Waals surface area contributed by atoms with E-state index in [0.717, 1.165) is 0 Å². The fourth-order valence-electron chi connectivity index (χ4n) is 1.61. The van der Waals surface area contributed by atoms with Crippen molar-refractivity contribution in [3.8, 4) is 0 Å². The summed E-state index contributed by atoms with van der Waals surface area (Å²) in [4.78, 5) is 11.5. The number of hydrogen-bond acceptors (Lipinski definition) is 3. The zero-order valence-electron chi connectivity index (χ0n) is 12.4. The predicted octanol–water partition coefficient (Wildman–Crippen LogP) is 3.20. The molecule has 9 heteroatoms. The number of rotatable bonds is 8. The van der Waals surface area contributed by atoms with Gasteiger partial charge in [0.05, 0.1) is 6.61 Å². The van der Waals surface area contributed by atoms with Crippen LogP contribution >= 0.6 is 12.4 Å². The van der Waals surface area contributed by atoms with Gasteiger partial charge in [0, 0.05) is 18.2 Å². The van der Waals surface area contributed by atoms with Crippen LogP contribution in [0.5, 0.6) is 0 Å².